The summed E-state index contributed by atoms with van der Waals surface area (Å²) in [5.41, 5.74) is -0.538. The summed E-state index contributed by atoms with van der Waals surface area (Å²) in [6.45, 7) is 0. The monoisotopic (exact) mass is 234 g/mol. The van der Waals surface area contributed by atoms with Gasteiger partial charge in [-0.2, -0.15) is 5.26 Å². The molecule has 0 spiro atoms. The topological polar surface area (TPSA) is 52.9 Å². The molecule has 94 valence electrons. The van der Waals surface area contributed by atoms with Crippen LogP contribution in [-0.2, 0) is 4.79 Å². The van der Waals surface area contributed by atoms with Gasteiger partial charge in [-0.1, -0.05) is 25.7 Å². The van der Waals surface area contributed by atoms with Crippen molar-refractivity contribution in [3.63, 3.8) is 0 Å². The molecular weight excluding hydrogens is 212 g/mol. The molecule has 2 fully saturated rings. The number of hydrogen-bond donors (Lipinski definition) is 1. The van der Waals surface area contributed by atoms with Crippen LogP contribution in [0.25, 0.3) is 0 Å². The lowest BCUT2D eigenvalue weighted by atomic mass is 9.95. The Balaban J connectivity index is 1.93. The molecule has 0 aromatic carbocycles. The molecule has 0 atom stereocenters. The molecule has 0 bridgehead atoms. The minimum absolute atomic E-state index is 0.135. The van der Waals surface area contributed by atoms with Gasteiger partial charge in [0, 0.05) is 5.92 Å². The third kappa shape index (κ3) is 3.00. The standard InChI is InChI=1S/C14H22N2O/c15-11-14(9-5-6-10-14)16-13(17)12-7-3-1-2-4-8-12/h12H,1-10H2,(H,16,17). The Morgan fingerprint density at radius 3 is 2.18 bits per heavy atom. The first-order valence-corrected chi connectivity index (χ1v) is 6.99. The van der Waals surface area contributed by atoms with Gasteiger partial charge in [0.2, 0.25) is 5.91 Å². The maximum absolute atomic E-state index is 12.2. The molecule has 0 radical (unpaired) electrons. The van der Waals surface area contributed by atoms with Crippen molar-refractivity contribution >= 4 is 5.91 Å². The van der Waals surface area contributed by atoms with E-state index in [2.05, 4.69) is 11.4 Å². The average molecular weight is 234 g/mol. The van der Waals surface area contributed by atoms with Crippen molar-refractivity contribution < 1.29 is 4.79 Å². The minimum Gasteiger partial charge on any atom is -0.338 e. The van der Waals surface area contributed by atoms with Gasteiger partial charge >= 0.3 is 0 Å². The summed E-state index contributed by atoms with van der Waals surface area (Å²) < 4.78 is 0. The first-order valence-electron chi connectivity index (χ1n) is 6.99. The molecule has 1 amide bonds. The van der Waals surface area contributed by atoms with Crippen LogP contribution in [0.1, 0.15) is 64.2 Å². The van der Waals surface area contributed by atoms with Gasteiger partial charge in [0.25, 0.3) is 0 Å². The third-order valence-corrected chi connectivity index (χ3v) is 4.26. The predicted octanol–water partition coefficient (Wildman–Crippen LogP) is 2.91. The molecule has 1 N–H and O–H groups in total. The van der Waals surface area contributed by atoms with E-state index in [0.717, 1.165) is 51.4 Å². The largest absolute Gasteiger partial charge is 0.338 e. The van der Waals surface area contributed by atoms with Crippen molar-refractivity contribution in [1.29, 1.82) is 5.26 Å². The smallest absolute Gasteiger partial charge is 0.224 e. The van der Waals surface area contributed by atoms with E-state index in [9.17, 15) is 10.1 Å². The predicted molar refractivity (Wildman–Crippen MR) is 66.1 cm³/mol. The summed E-state index contributed by atoms with van der Waals surface area (Å²) in [5, 5.41) is 12.3. The molecule has 17 heavy (non-hydrogen) atoms. The Labute approximate surface area is 104 Å². The van der Waals surface area contributed by atoms with Gasteiger partial charge < -0.3 is 5.32 Å². The first-order chi connectivity index (χ1) is 8.26. The summed E-state index contributed by atoms with van der Waals surface area (Å²) in [5.74, 6) is 0.290. The highest BCUT2D eigenvalue weighted by Crippen LogP contribution is 2.30. The average Bonchev–Trinajstić information content (AvgIpc) is 2.64. The Bertz CT molecular complexity index is 305. The van der Waals surface area contributed by atoms with Gasteiger partial charge in [-0.25, -0.2) is 0 Å². The summed E-state index contributed by atoms with van der Waals surface area (Å²) in [6, 6.07) is 2.33. The van der Waals surface area contributed by atoms with Crippen molar-refractivity contribution in [2.75, 3.05) is 0 Å². The number of nitriles is 1. The quantitative estimate of drug-likeness (QED) is 0.747. The fraction of sp³-hybridized carbons (Fsp3) is 0.857. The molecule has 3 nitrogen and oxygen atoms in total. The number of carbonyl (C=O) groups is 1. The maximum Gasteiger partial charge on any atom is 0.224 e. The fourth-order valence-electron chi connectivity index (χ4n) is 3.12. The lowest BCUT2D eigenvalue weighted by Crippen LogP contribution is -2.47. The number of amides is 1. The summed E-state index contributed by atoms with van der Waals surface area (Å²) >= 11 is 0. The maximum atomic E-state index is 12.2. The van der Waals surface area contributed by atoms with E-state index in [1.54, 1.807) is 0 Å². The lowest BCUT2D eigenvalue weighted by molar-refractivity contribution is -0.126. The zero-order valence-electron chi connectivity index (χ0n) is 10.5. The second kappa shape index (κ2) is 5.53. The minimum atomic E-state index is -0.538. The van der Waals surface area contributed by atoms with Gasteiger partial charge in [-0.15, -0.1) is 0 Å². The highest BCUT2D eigenvalue weighted by Gasteiger charge is 2.36. The Morgan fingerprint density at radius 1 is 1.06 bits per heavy atom. The van der Waals surface area contributed by atoms with Crippen molar-refractivity contribution in [3.8, 4) is 6.07 Å². The van der Waals surface area contributed by atoms with Crippen molar-refractivity contribution in [1.82, 2.24) is 5.32 Å². The van der Waals surface area contributed by atoms with Crippen LogP contribution in [0.2, 0.25) is 0 Å². The second-order valence-electron chi connectivity index (χ2n) is 5.58. The first kappa shape index (κ1) is 12.4. The highest BCUT2D eigenvalue weighted by molar-refractivity contribution is 5.80. The van der Waals surface area contributed by atoms with E-state index in [0.29, 0.717) is 0 Å². The number of nitrogens with zero attached hydrogens (tertiary/aromatic N) is 1. The molecule has 0 unspecified atom stereocenters. The molecule has 2 saturated carbocycles. The van der Waals surface area contributed by atoms with Crippen molar-refractivity contribution in [3.05, 3.63) is 0 Å². The lowest BCUT2D eigenvalue weighted by Gasteiger charge is -2.25. The molecule has 3 heteroatoms. The van der Waals surface area contributed by atoms with Crippen LogP contribution >= 0.6 is 0 Å². The summed E-state index contributed by atoms with van der Waals surface area (Å²) in [7, 11) is 0. The van der Waals surface area contributed by atoms with Crippen LogP contribution in [0.4, 0.5) is 0 Å². The van der Waals surface area contributed by atoms with E-state index >= 15 is 0 Å². The fourth-order valence-corrected chi connectivity index (χ4v) is 3.12. The molecule has 0 aromatic rings. The Kier molecular flexibility index (Phi) is 4.04. The number of carbonyl (C=O) groups excluding carboxylic acids is 1. The van der Waals surface area contributed by atoms with Gasteiger partial charge in [0.05, 0.1) is 6.07 Å². The SMILES string of the molecule is N#CC1(NC(=O)C2CCCCCC2)CCCC1. The molecular formula is C14H22N2O. The number of hydrogen-bond acceptors (Lipinski definition) is 2. The molecule has 0 saturated heterocycles. The van der Waals surface area contributed by atoms with Crippen LogP contribution in [0.5, 0.6) is 0 Å². The van der Waals surface area contributed by atoms with Gasteiger partial charge in [-0.3, -0.25) is 4.79 Å². The van der Waals surface area contributed by atoms with Crippen LogP contribution in [0, 0.1) is 17.2 Å². The van der Waals surface area contributed by atoms with Gasteiger partial charge in [-0.05, 0) is 38.5 Å². The zero-order valence-corrected chi connectivity index (χ0v) is 10.5. The Hall–Kier alpha value is -1.04. The summed E-state index contributed by atoms with van der Waals surface area (Å²) in [4.78, 5) is 12.2. The molecule has 2 aliphatic rings. The third-order valence-electron chi connectivity index (χ3n) is 4.26. The second-order valence-corrected chi connectivity index (χ2v) is 5.58. The van der Waals surface area contributed by atoms with Gasteiger partial charge in [0.15, 0.2) is 0 Å². The van der Waals surface area contributed by atoms with E-state index in [1.165, 1.54) is 12.8 Å². The molecule has 0 aromatic heterocycles. The normalized spacial score (nSPS) is 24.9. The van der Waals surface area contributed by atoms with Crippen molar-refractivity contribution in [2.24, 2.45) is 5.92 Å². The van der Waals surface area contributed by atoms with Crippen LogP contribution in [0.15, 0.2) is 0 Å². The number of rotatable bonds is 2. The molecule has 2 rings (SSSR count). The Morgan fingerprint density at radius 2 is 1.65 bits per heavy atom. The molecule has 0 heterocycles. The molecule has 0 aliphatic heterocycles. The number of nitrogens with one attached hydrogen (secondary N) is 1. The van der Waals surface area contributed by atoms with Crippen LogP contribution in [0.3, 0.4) is 0 Å². The van der Waals surface area contributed by atoms with E-state index in [-0.39, 0.29) is 11.8 Å². The van der Waals surface area contributed by atoms with Crippen molar-refractivity contribution in [2.45, 2.75) is 69.7 Å². The zero-order chi connectivity index (χ0) is 12.1. The molecule has 2 aliphatic carbocycles. The van der Waals surface area contributed by atoms with Crippen LogP contribution in [-0.4, -0.2) is 11.4 Å². The highest BCUT2D eigenvalue weighted by atomic mass is 16.2. The van der Waals surface area contributed by atoms with Crippen LogP contribution < -0.4 is 5.32 Å². The summed E-state index contributed by atoms with van der Waals surface area (Å²) in [6.07, 6.45) is 10.7. The van der Waals surface area contributed by atoms with Gasteiger partial charge in [0.1, 0.15) is 5.54 Å². The van der Waals surface area contributed by atoms with E-state index in [1.807, 2.05) is 0 Å². The van der Waals surface area contributed by atoms with E-state index in [4.69, 9.17) is 0 Å². The van der Waals surface area contributed by atoms with E-state index < -0.39 is 5.54 Å².